The molecular weight excluding hydrogens is 212 g/mol. The lowest BCUT2D eigenvalue weighted by atomic mass is 9.91. The Morgan fingerprint density at radius 2 is 2.06 bits per heavy atom. The maximum absolute atomic E-state index is 12.3. The molecule has 3 nitrogen and oxygen atoms in total. The van der Waals surface area contributed by atoms with Crippen molar-refractivity contribution in [2.24, 2.45) is 5.41 Å². The molecule has 2 aliphatic heterocycles. The second-order valence-corrected chi connectivity index (χ2v) is 6.74. The van der Waals surface area contributed by atoms with Crippen molar-refractivity contribution in [3.05, 3.63) is 0 Å². The second-order valence-electron chi connectivity index (χ2n) is 6.74. The number of hydrogen-bond acceptors (Lipinski definition) is 2. The third-order valence-electron chi connectivity index (χ3n) is 3.86. The average Bonchev–Trinajstić information content (AvgIpc) is 2.85. The Balaban J connectivity index is 1.96. The topological polar surface area (TPSA) is 32.3 Å². The van der Waals surface area contributed by atoms with Gasteiger partial charge in [-0.15, -0.1) is 0 Å². The highest BCUT2D eigenvalue weighted by atomic mass is 16.2. The minimum absolute atomic E-state index is 0.104. The van der Waals surface area contributed by atoms with Gasteiger partial charge in [0, 0.05) is 25.0 Å². The van der Waals surface area contributed by atoms with Crippen molar-refractivity contribution in [2.45, 2.75) is 65.0 Å². The van der Waals surface area contributed by atoms with Gasteiger partial charge in [-0.3, -0.25) is 4.79 Å². The lowest BCUT2D eigenvalue weighted by molar-refractivity contribution is -0.134. The smallest absolute Gasteiger partial charge is 0.223 e. The minimum atomic E-state index is 0.104. The van der Waals surface area contributed by atoms with Crippen LogP contribution in [0.25, 0.3) is 0 Å². The Kier molecular flexibility index (Phi) is 3.76. The van der Waals surface area contributed by atoms with Gasteiger partial charge >= 0.3 is 0 Å². The number of nitrogens with zero attached hydrogens (tertiary/aromatic N) is 1. The number of likely N-dealkylation sites (tertiary alicyclic amines) is 1. The van der Waals surface area contributed by atoms with Crippen LogP contribution in [0.5, 0.6) is 0 Å². The number of hydrogen-bond donors (Lipinski definition) is 1. The zero-order chi connectivity index (χ0) is 12.5. The highest BCUT2D eigenvalue weighted by Crippen LogP contribution is 2.28. The molecule has 2 saturated heterocycles. The van der Waals surface area contributed by atoms with E-state index in [-0.39, 0.29) is 5.41 Å². The molecule has 2 atom stereocenters. The average molecular weight is 238 g/mol. The summed E-state index contributed by atoms with van der Waals surface area (Å²) in [6.45, 7) is 8.53. The molecule has 98 valence electrons. The molecular formula is C14H26N2O. The van der Waals surface area contributed by atoms with Gasteiger partial charge in [-0.05, 0) is 37.6 Å². The fourth-order valence-corrected chi connectivity index (χ4v) is 3.12. The Labute approximate surface area is 105 Å². The molecule has 0 aromatic rings. The first-order valence-electron chi connectivity index (χ1n) is 7.00. The zero-order valence-corrected chi connectivity index (χ0v) is 11.5. The van der Waals surface area contributed by atoms with Crippen molar-refractivity contribution in [1.82, 2.24) is 10.2 Å². The predicted molar refractivity (Wildman–Crippen MR) is 69.8 cm³/mol. The summed E-state index contributed by atoms with van der Waals surface area (Å²) < 4.78 is 0. The van der Waals surface area contributed by atoms with Crippen molar-refractivity contribution in [3.63, 3.8) is 0 Å². The summed E-state index contributed by atoms with van der Waals surface area (Å²) >= 11 is 0. The van der Waals surface area contributed by atoms with Crippen LogP contribution in [0.4, 0.5) is 0 Å². The van der Waals surface area contributed by atoms with E-state index in [0.717, 1.165) is 13.1 Å². The van der Waals surface area contributed by atoms with Crippen molar-refractivity contribution in [1.29, 1.82) is 0 Å². The van der Waals surface area contributed by atoms with Crippen LogP contribution in [0.3, 0.4) is 0 Å². The van der Waals surface area contributed by atoms with E-state index < -0.39 is 0 Å². The summed E-state index contributed by atoms with van der Waals surface area (Å²) in [5.74, 6) is 0.355. The summed E-state index contributed by atoms with van der Waals surface area (Å²) in [4.78, 5) is 14.5. The van der Waals surface area contributed by atoms with Gasteiger partial charge in [0.2, 0.25) is 5.91 Å². The molecule has 2 fully saturated rings. The summed E-state index contributed by atoms with van der Waals surface area (Å²) in [5.41, 5.74) is 0.104. The van der Waals surface area contributed by atoms with Crippen molar-refractivity contribution < 1.29 is 4.79 Å². The summed E-state index contributed by atoms with van der Waals surface area (Å²) in [7, 11) is 0. The molecule has 1 N–H and O–H groups in total. The maximum atomic E-state index is 12.3. The summed E-state index contributed by atoms with van der Waals surface area (Å²) in [5, 5.41) is 3.55. The molecule has 2 aliphatic rings. The van der Waals surface area contributed by atoms with E-state index >= 15 is 0 Å². The van der Waals surface area contributed by atoms with Gasteiger partial charge in [0.15, 0.2) is 0 Å². The van der Waals surface area contributed by atoms with E-state index in [1.165, 1.54) is 25.7 Å². The Hall–Kier alpha value is -0.570. The van der Waals surface area contributed by atoms with Gasteiger partial charge < -0.3 is 10.2 Å². The van der Waals surface area contributed by atoms with E-state index in [4.69, 9.17) is 0 Å². The maximum Gasteiger partial charge on any atom is 0.223 e. The molecule has 0 aromatic carbocycles. The lowest BCUT2D eigenvalue weighted by Gasteiger charge is -2.31. The molecule has 17 heavy (non-hydrogen) atoms. The first-order valence-corrected chi connectivity index (χ1v) is 7.00. The molecule has 2 heterocycles. The first kappa shape index (κ1) is 12.9. The highest BCUT2D eigenvalue weighted by Gasteiger charge is 2.36. The number of carbonyl (C=O) groups is 1. The third-order valence-corrected chi connectivity index (χ3v) is 3.86. The van der Waals surface area contributed by atoms with Crippen molar-refractivity contribution in [3.8, 4) is 0 Å². The first-order chi connectivity index (χ1) is 7.97. The molecule has 0 spiro atoms. The highest BCUT2D eigenvalue weighted by molar-refractivity contribution is 5.77. The van der Waals surface area contributed by atoms with Crippen LogP contribution in [0, 0.1) is 5.41 Å². The number of carbonyl (C=O) groups excluding carboxylic acids is 1. The number of rotatable bonds is 2. The van der Waals surface area contributed by atoms with E-state index in [9.17, 15) is 4.79 Å². The van der Waals surface area contributed by atoms with Gasteiger partial charge in [-0.2, -0.15) is 0 Å². The fourth-order valence-electron chi connectivity index (χ4n) is 3.12. The number of nitrogens with one attached hydrogen (secondary N) is 1. The van der Waals surface area contributed by atoms with Crippen LogP contribution in [0.1, 0.15) is 52.9 Å². The standard InChI is InChI=1S/C14H26N2O/c1-14(2,3)10-13(17)16-9-5-7-12(16)11-6-4-8-15-11/h11-12,15H,4-10H2,1-3H3. The van der Waals surface area contributed by atoms with Gasteiger partial charge in [0.1, 0.15) is 0 Å². The van der Waals surface area contributed by atoms with E-state index in [2.05, 4.69) is 31.0 Å². The quantitative estimate of drug-likeness (QED) is 0.799. The molecule has 1 amide bonds. The van der Waals surface area contributed by atoms with Crippen LogP contribution < -0.4 is 5.32 Å². The van der Waals surface area contributed by atoms with Crippen LogP contribution >= 0.6 is 0 Å². The van der Waals surface area contributed by atoms with Crippen molar-refractivity contribution >= 4 is 5.91 Å². The third kappa shape index (κ3) is 3.21. The van der Waals surface area contributed by atoms with Gasteiger partial charge in [-0.25, -0.2) is 0 Å². The molecule has 0 aliphatic carbocycles. The normalized spacial score (nSPS) is 29.9. The summed E-state index contributed by atoms with van der Waals surface area (Å²) in [6, 6.07) is 1.02. The van der Waals surface area contributed by atoms with Crippen LogP contribution in [-0.4, -0.2) is 36.0 Å². The predicted octanol–water partition coefficient (Wildman–Crippen LogP) is 2.17. The lowest BCUT2D eigenvalue weighted by Crippen LogP contribution is -2.47. The van der Waals surface area contributed by atoms with Crippen molar-refractivity contribution in [2.75, 3.05) is 13.1 Å². The van der Waals surface area contributed by atoms with Gasteiger partial charge in [-0.1, -0.05) is 20.8 Å². The molecule has 0 radical (unpaired) electrons. The minimum Gasteiger partial charge on any atom is -0.338 e. The Bertz CT molecular complexity index is 276. The van der Waals surface area contributed by atoms with Gasteiger partial charge in [0.25, 0.3) is 0 Å². The van der Waals surface area contributed by atoms with E-state index in [0.29, 0.717) is 24.4 Å². The van der Waals surface area contributed by atoms with Crippen LogP contribution in [0.15, 0.2) is 0 Å². The summed E-state index contributed by atoms with van der Waals surface area (Å²) in [6.07, 6.45) is 5.55. The van der Waals surface area contributed by atoms with Crippen LogP contribution in [-0.2, 0) is 4.79 Å². The monoisotopic (exact) mass is 238 g/mol. The Morgan fingerprint density at radius 1 is 1.29 bits per heavy atom. The SMILES string of the molecule is CC(C)(C)CC(=O)N1CCCC1C1CCCN1. The van der Waals surface area contributed by atoms with Gasteiger partial charge in [0.05, 0.1) is 0 Å². The van der Waals surface area contributed by atoms with E-state index in [1.54, 1.807) is 0 Å². The molecule has 3 heteroatoms. The second kappa shape index (κ2) is 4.97. The largest absolute Gasteiger partial charge is 0.338 e. The molecule has 0 bridgehead atoms. The zero-order valence-electron chi connectivity index (χ0n) is 11.5. The Morgan fingerprint density at radius 3 is 2.65 bits per heavy atom. The fraction of sp³-hybridized carbons (Fsp3) is 0.929. The van der Waals surface area contributed by atoms with E-state index in [1.807, 2.05) is 0 Å². The molecule has 2 unspecified atom stereocenters. The molecule has 0 aromatic heterocycles. The molecule has 0 saturated carbocycles. The molecule has 2 rings (SSSR count). The number of amides is 1. The van der Waals surface area contributed by atoms with Crippen LogP contribution in [0.2, 0.25) is 0 Å².